The van der Waals surface area contributed by atoms with Gasteiger partial charge < -0.3 is 0 Å². The van der Waals surface area contributed by atoms with Crippen molar-refractivity contribution in [2.45, 2.75) is 0 Å². The van der Waals surface area contributed by atoms with E-state index in [2.05, 4.69) is 15.8 Å². The van der Waals surface area contributed by atoms with Gasteiger partial charge in [0.15, 0.2) is 0 Å². The van der Waals surface area contributed by atoms with Crippen LogP contribution in [0, 0.1) is 0 Å². The quantitative estimate of drug-likeness (QED) is 0.476. The van der Waals surface area contributed by atoms with Crippen molar-refractivity contribution in [1.29, 1.82) is 0 Å². The number of hydrazine groups is 1. The summed E-state index contributed by atoms with van der Waals surface area (Å²) >= 11 is 8.70. The summed E-state index contributed by atoms with van der Waals surface area (Å²) < 4.78 is 1.10. The Hall–Kier alpha value is -2.74. The number of thiophene rings is 1. The second kappa shape index (κ2) is 7.48. The number of carbonyl (C=O) groups is 2. The number of amides is 2. The van der Waals surface area contributed by atoms with Crippen LogP contribution in [0.2, 0.25) is 5.02 Å². The van der Waals surface area contributed by atoms with E-state index in [1.54, 1.807) is 41.7 Å². The molecular weight excluding hydrogens is 402 g/mol. The average Bonchev–Trinajstić information content (AvgIpc) is 3.33. The highest BCUT2D eigenvalue weighted by molar-refractivity contribution is 7.26. The first-order chi connectivity index (χ1) is 13.1. The monoisotopic (exact) mass is 413 g/mol. The van der Waals surface area contributed by atoms with E-state index >= 15 is 0 Å². The zero-order valence-electron chi connectivity index (χ0n) is 13.7. The highest BCUT2D eigenvalue weighted by Crippen LogP contribution is 2.34. The van der Waals surface area contributed by atoms with E-state index < -0.39 is 5.91 Å². The molecule has 0 aliphatic rings. The van der Waals surface area contributed by atoms with Crippen LogP contribution < -0.4 is 10.9 Å². The van der Waals surface area contributed by atoms with Crippen LogP contribution in [-0.2, 0) is 0 Å². The van der Waals surface area contributed by atoms with Gasteiger partial charge >= 0.3 is 0 Å². The topological polar surface area (TPSA) is 71.1 Å². The normalized spacial score (nSPS) is 10.7. The number of hydrogen-bond donors (Lipinski definition) is 2. The van der Waals surface area contributed by atoms with E-state index in [1.807, 2.05) is 30.3 Å². The fourth-order valence-electron chi connectivity index (χ4n) is 2.40. The maximum Gasteiger partial charge on any atom is 0.279 e. The number of benzene rings is 2. The maximum absolute atomic E-state index is 12.3. The van der Waals surface area contributed by atoms with Crippen molar-refractivity contribution < 1.29 is 9.59 Å². The van der Waals surface area contributed by atoms with Crippen molar-refractivity contribution in [2.24, 2.45) is 0 Å². The number of aromatic nitrogens is 1. The van der Waals surface area contributed by atoms with Gasteiger partial charge in [-0.15, -0.1) is 22.7 Å². The molecule has 27 heavy (non-hydrogen) atoms. The molecule has 4 rings (SSSR count). The molecular formula is C19H12ClN3O2S2. The minimum Gasteiger partial charge on any atom is -0.267 e. The van der Waals surface area contributed by atoms with Gasteiger partial charge in [0.05, 0.1) is 20.0 Å². The predicted molar refractivity (Wildman–Crippen MR) is 109 cm³/mol. The van der Waals surface area contributed by atoms with E-state index in [0.29, 0.717) is 15.5 Å². The minimum atomic E-state index is -0.414. The van der Waals surface area contributed by atoms with E-state index in [1.165, 1.54) is 11.3 Å². The third-order valence-electron chi connectivity index (χ3n) is 3.73. The zero-order chi connectivity index (χ0) is 18.8. The Balaban J connectivity index is 1.44. The van der Waals surface area contributed by atoms with Gasteiger partial charge in [0.2, 0.25) is 0 Å². The van der Waals surface area contributed by atoms with Crippen LogP contribution in [0.4, 0.5) is 0 Å². The molecule has 4 aromatic rings. The number of thiazole rings is 1. The number of nitrogens with one attached hydrogen (secondary N) is 2. The van der Waals surface area contributed by atoms with Gasteiger partial charge in [-0.1, -0.05) is 23.7 Å². The number of halogens is 1. The van der Waals surface area contributed by atoms with Crippen LogP contribution in [0.25, 0.3) is 20.1 Å². The molecule has 0 aliphatic heterocycles. The number of para-hydroxylation sites is 1. The first kappa shape index (κ1) is 17.7. The van der Waals surface area contributed by atoms with Gasteiger partial charge in [-0.25, -0.2) is 4.98 Å². The molecule has 0 radical (unpaired) electrons. The van der Waals surface area contributed by atoms with Crippen LogP contribution in [-0.4, -0.2) is 16.8 Å². The summed E-state index contributed by atoms with van der Waals surface area (Å²) in [6, 6.07) is 17.9. The molecule has 0 saturated heterocycles. The fraction of sp³-hybridized carbons (Fsp3) is 0. The van der Waals surface area contributed by atoms with Crippen molar-refractivity contribution in [2.75, 3.05) is 0 Å². The molecule has 5 nitrogen and oxygen atoms in total. The Kier molecular flexibility index (Phi) is 4.89. The smallest absolute Gasteiger partial charge is 0.267 e. The van der Waals surface area contributed by atoms with Gasteiger partial charge in [0, 0.05) is 10.6 Å². The first-order valence-electron chi connectivity index (χ1n) is 7.92. The second-order valence-corrected chi connectivity index (χ2v) is 8.12. The molecule has 2 aromatic heterocycles. The molecule has 0 spiro atoms. The summed E-state index contributed by atoms with van der Waals surface area (Å²) in [7, 11) is 0. The largest absolute Gasteiger partial charge is 0.279 e. The summed E-state index contributed by atoms with van der Waals surface area (Å²) in [5.74, 6) is -0.794. The van der Waals surface area contributed by atoms with Crippen LogP contribution in [0.1, 0.15) is 20.0 Å². The van der Waals surface area contributed by atoms with Gasteiger partial charge in [-0.3, -0.25) is 20.4 Å². The standard InChI is InChI=1S/C19H12ClN3O2S2/c20-12-7-5-11(6-8-12)17(24)22-23-18(25)15-9-10-16(26-15)19-21-13-3-1-2-4-14(13)27-19/h1-10H,(H,22,24)(H,23,25). The Labute approximate surface area is 167 Å². The highest BCUT2D eigenvalue weighted by atomic mass is 35.5. The molecule has 2 aromatic carbocycles. The van der Waals surface area contributed by atoms with Crippen LogP contribution in [0.5, 0.6) is 0 Å². The van der Waals surface area contributed by atoms with Crippen LogP contribution in [0.15, 0.2) is 60.7 Å². The van der Waals surface area contributed by atoms with Crippen molar-refractivity contribution in [3.8, 4) is 9.88 Å². The number of fused-ring (bicyclic) bond motifs is 1. The third-order valence-corrected chi connectivity index (χ3v) is 6.27. The van der Waals surface area contributed by atoms with Crippen LogP contribution in [0.3, 0.4) is 0 Å². The lowest BCUT2D eigenvalue weighted by molar-refractivity contribution is 0.0849. The number of rotatable bonds is 3. The Morgan fingerprint density at radius 1 is 0.852 bits per heavy atom. The van der Waals surface area contributed by atoms with Crippen molar-refractivity contribution in [1.82, 2.24) is 15.8 Å². The molecule has 2 amide bonds. The molecule has 2 heterocycles. The van der Waals surface area contributed by atoms with Gasteiger partial charge in [0.25, 0.3) is 11.8 Å². The van der Waals surface area contributed by atoms with E-state index in [0.717, 1.165) is 20.1 Å². The molecule has 2 N–H and O–H groups in total. The molecule has 0 saturated carbocycles. The van der Waals surface area contributed by atoms with Gasteiger partial charge in [-0.05, 0) is 48.5 Å². The Morgan fingerprint density at radius 2 is 1.59 bits per heavy atom. The summed E-state index contributed by atoms with van der Waals surface area (Å²) in [5, 5.41) is 1.40. The highest BCUT2D eigenvalue weighted by Gasteiger charge is 2.14. The zero-order valence-corrected chi connectivity index (χ0v) is 16.1. The summed E-state index contributed by atoms with van der Waals surface area (Å²) in [6.07, 6.45) is 0. The third kappa shape index (κ3) is 3.85. The lowest BCUT2D eigenvalue weighted by Crippen LogP contribution is -2.41. The Bertz CT molecular complexity index is 1100. The van der Waals surface area contributed by atoms with Gasteiger partial charge in [0.1, 0.15) is 5.01 Å². The minimum absolute atomic E-state index is 0.380. The van der Waals surface area contributed by atoms with Crippen LogP contribution >= 0.6 is 34.3 Å². The number of nitrogens with zero attached hydrogens (tertiary/aromatic N) is 1. The van der Waals surface area contributed by atoms with Gasteiger partial charge in [-0.2, -0.15) is 0 Å². The lowest BCUT2D eigenvalue weighted by atomic mass is 10.2. The fourth-order valence-corrected chi connectivity index (χ4v) is 4.45. The summed E-state index contributed by atoms with van der Waals surface area (Å²) in [4.78, 5) is 30.3. The molecule has 8 heteroatoms. The van der Waals surface area contributed by atoms with Crippen molar-refractivity contribution >= 4 is 56.3 Å². The first-order valence-corrected chi connectivity index (χ1v) is 9.93. The number of hydrogen-bond acceptors (Lipinski definition) is 5. The lowest BCUT2D eigenvalue weighted by Gasteiger charge is -2.06. The van der Waals surface area contributed by atoms with E-state index in [9.17, 15) is 9.59 Å². The van der Waals surface area contributed by atoms with Crippen molar-refractivity contribution in [3.05, 3.63) is 76.1 Å². The number of carbonyl (C=O) groups excluding carboxylic acids is 2. The summed E-state index contributed by atoms with van der Waals surface area (Å²) in [5.41, 5.74) is 6.17. The Morgan fingerprint density at radius 3 is 2.37 bits per heavy atom. The van der Waals surface area contributed by atoms with E-state index in [4.69, 9.17) is 11.6 Å². The molecule has 0 aliphatic carbocycles. The molecule has 134 valence electrons. The summed E-state index contributed by atoms with van der Waals surface area (Å²) in [6.45, 7) is 0. The SMILES string of the molecule is O=C(NNC(=O)c1ccc(-c2nc3ccccc3s2)s1)c1ccc(Cl)cc1. The molecule has 0 fully saturated rings. The molecule has 0 unspecified atom stereocenters. The molecule has 0 bridgehead atoms. The van der Waals surface area contributed by atoms with Crippen molar-refractivity contribution in [3.63, 3.8) is 0 Å². The maximum atomic E-state index is 12.3. The average molecular weight is 414 g/mol. The second-order valence-electron chi connectivity index (χ2n) is 5.57. The molecule has 0 atom stereocenters. The van der Waals surface area contributed by atoms with E-state index in [-0.39, 0.29) is 5.91 Å². The predicted octanol–water partition coefficient (Wildman–Crippen LogP) is 4.75.